The predicted octanol–water partition coefficient (Wildman–Crippen LogP) is 4.81. The van der Waals surface area contributed by atoms with E-state index < -0.39 is 17.9 Å². The SMILES string of the molecule is CCCCN1C(=O)[C@@H](C(=O)OCC)[C@@H](c2c(O)ccc3ccccc23)n2c1nc1ccccc12. The van der Waals surface area contributed by atoms with Crippen LogP contribution in [0.3, 0.4) is 0 Å². The highest BCUT2D eigenvalue weighted by Gasteiger charge is 2.48. The summed E-state index contributed by atoms with van der Waals surface area (Å²) in [6.45, 7) is 4.38. The number of unbranched alkanes of at least 4 members (excludes halogenated alkanes) is 1. The fourth-order valence-corrected chi connectivity index (χ4v) is 4.93. The number of benzene rings is 3. The molecular weight excluding hydrogens is 430 g/mol. The third-order valence-electron chi connectivity index (χ3n) is 6.46. The van der Waals surface area contributed by atoms with E-state index in [-0.39, 0.29) is 18.3 Å². The van der Waals surface area contributed by atoms with E-state index in [2.05, 4.69) is 6.92 Å². The van der Waals surface area contributed by atoms with Gasteiger partial charge >= 0.3 is 5.97 Å². The summed E-state index contributed by atoms with van der Waals surface area (Å²) in [5.74, 6) is -1.60. The summed E-state index contributed by atoms with van der Waals surface area (Å²) in [7, 11) is 0. The molecule has 0 spiro atoms. The predicted molar refractivity (Wildman–Crippen MR) is 131 cm³/mol. The first-order valence-corrected chi connectivity index (χ1v) is 11.7. The minimum absolute atomic E-state index is 0.0246. The molecule has 7 heteroatoms. The van der Waals surface area contributed by atoms with Crippen LogP contribution in [0.4, 0.5) is 5.95 Å². The molecular formula is C27H27N3O4. The van der Waals surface area contributed by atoms with Gasteiger partial charge in [0, 0.05) is 12.1 Å². The van der Waals surface area contributed by atoms with Crippen molar-refractivity contribution in [1.82, 2.24) is 9.55 Å². The first-order chi connectivity index (χ1) is 16.6. The van der Waals surface area contributed by atoms with Gasteiger partial charge < -0.3 is 14.4 Å². The molecule has 1 aliphatic heterocycles. The number of hydrogen-bond acceptors (Lipinski definition) is 5. The quantitative estimate of drug-likeness (QED) is 0.332. The molecule has 0 bridgehead atoms. The van der Waals surface area contributed by atoms with Gasteiger partial charge in [0.1, 0.15) is 5.75 Å². The molecule has 4 aromatic rings. The number of nitrogens with zero attached hydrogens (tertiary/aromatic N) is 3. The van der Waals surface area contributed by atoms with Gasteiger partial charge in [0.05, 0.1) is 23.7 Å². The molecule has 0 saturated carbocycles. The molecule has 1 aromatic heterocycles. The second-order valence-corrected chi connectivity index (χ2v) is 8.51. The van der Waals surface area contributed by atoms with Crippen LogP contribution in [0.2, 0.25) is 0 Å². The molecule has 5 rings (SSSR count). The van der Waals surface area contributed by atoms with Gasteiger partial charge in [-0.1, -0.05) is 55.8 Å². The summed E-state index contributed by atoms with van der Waals surface area (Å²) < 4.78 is 7.34. The van der Waals surface area contributed by atoms with Crippen molar-refractivity contribution in [3.05, 3.63) is 66.2 Å². The maximum atomic E-state index is 13.9. The second-order valence-electron chi connectivity index (χ2n) is 8.51. The third-order valence-corrected chi connectivity index (χ3v) is 6.46. The van der Waals surface area contributed by atoms with Crippen LogP contribution in [-0.2, 0) is 14.3 Å². The normalized spacial score (nSPS) is 17.8. The molecule has 174 valence electrons. The Balaban J connectivity index is 1.86. The lowest BCUT2D eigenvalue weighted by molar-refractivity contribution is -0.153. The summed E-state index contributed by atoms with van der Waals surface area (Å²) in [5, 5.41) is 12.8. The zero-order valence-electron chi connectivity index (χ0n) is 19.3. The molecule has 1 aliphatic rings. The molecule has 2 atom stereocenters. The number of carbonyl (C=O) groups is 2. The molecule has 0 unspecified atom stereocenters. The van der Waals surface area contributed by atoms with Gasteiger partial charge in [-0.05, 0) is 42.3 Å². The van der Waals surface area contributed by atoms with E-state index >= 15 is 0 Å². The highest BCUT2D eigenvalue weighted by molar-refractivity contribution is 6.09. The number of amides is 1. The number of rotatable bonds is 6. The number of para-hydroxylation sites is 2. The van der Waals surface area contributed by atoms with E-state index in [9.17, 15) is 14.7 Å². The molecule has 0 aliphatic carbocycles. The van der Waals surface area contributed by atoms with Crippen LogP contribution in [0, 0.1) is 5.92 Å². The summed E-state index contributed by atoms with van der Waals surface area (Å²) >= 11 is 0. The van der Waals surface area contributed by atoms with E-state index in [0.29, 0.717) is 18.1 Å². The van der Waals surface area contributed by atoms with Crippen LogP contribution >= 0.6 is 0 Å². The second kappa shape index (κ2) is 8.82. The number of phenolic OH excluding ortho intramolecular Hbond substituents is 1. The summed E-state index contributed by atoms with van der Waals surface area (Å²) in [6.07, 6.45) is 1.66. The molecule has 0 radical (unpaired) electrons. The fraction of sp³-hybridized carbons (Fsp3) is 0.296. The van der Waals surface area contributed by atoms with E-state index in [1.54, 1.807) is 17.9 Å². The molecule has 34 heavy (non-hydrogen) atoms. The third kappa shape index (κ3) is 3.39. The van der Waals surface area contributed by atoms with Crippen molar-refractivity contribution in [3.8, 4) is 5.75 Å². The van der Waals surface area contributed by atoms with Crippen LogP contribution in [0.5, 0.6) is 5.75 Å². The number of imidazole rings is 1. The van der Waals surface area contributed by atoms with Gasteiger partial charge in [-0.25, -0.2) is 4.98 Å². The first kappa shape index (κ1) is 21.9. The largest absolute Gasteiger partial charge is 0.508 e. The number of phenols is 1. The lowest BCUT2D eigenvalue weighted by Crippen LogP contribution is -2.50. The van der Waals surface area contributed by atoms with Gasteiger partial charge in [-0.2, -0.15) is 0 Å². The highest BCUT2D eigenvalue weighted by atomic mass is 16.5. The number of aromatic hydroxyl groups is 1. The summed E-state index contributed by atoms with van der Waals surface area (Å²) in [4.78, 5) is 33.6. The van der Waals surface area contributed by atoms with Gasteiger partial charge in [0.2, 0.25) is 11.9 Å². The van der Waals surface area contributed by atoms with Crippen molar-refractivity contribution in [1.29, 1.82) is 0 Å². The first-order valence-electron chi connectivity index (χ1n) is 11.7. The maximum absolute atomic E-state index is 13.9. The lowest BCUT2D eigenvalue weighted by Gasteiger charge is -2.38. The minimum Gasteiger partial charge on any atom is -0.508 e. The maximum Gasteiger partial charge on any atom is 0.321 e. The smallest absolute Gasteiger partial charge is 0.321 e. The monoisotopic (exact) mass is 457 g/mol. The topological polar surface area (TPSA) is 84.7 Å². The van der Waals surface area contributed by atoms with Gasteiger partial charge in [-0.15, -0.1) is 0 Å². The number of anilines is 1. The Morgan fingerprint density at radius 2 is 1.82 bits per heavy atom. The Morgan fingerprint density at radius 1 is 1.06 bits per heavy atom. The van der Waals surface area contributed by atoms with Crippen LogP contribution < -0.4 is 4.90 Å². The standard InChI is InChI=1S/C27H27N3O4/c1-3-5-16-29-25(32)23(26(33)34-4-2)24(30-20-13-9-8-12-19(20)28-27(29)30)22-18-11-7-6-10-17(18)14-15-21(22)31/h6-15,23-24,31H,3-5,16H2,1-2H3/t23-,24+/m0/s1. The molecule has 0 saturated heterocycles. The van der Waals surface area contributed by atoms with Crippen LogP contribution in [0.25, 0.3) is 21.8 Å². The molecule has 2 heterocycles. The van der Waals surface area contributed by atoms with E-state index in [4.69, 9.17) is 9.72 Å². The average molecular weight is 458 g/mol. The van der Waals surface area contributed by atoms with Crippen LogP contribution in [0.15, 0.2) is 60.7 Å². The fourth-order valence-electron chi connectivity index (χ4n) is 4.93. The zero-order chi connectivity index (χ0) is 23.8. The lowest BCUT2D eigenvalue weighted by atomic mass is 9.86. The Kier molecular flexibility index (Phi) is 5.69. The van der Waals surface area contributed by atoms with E-state index in [1.165, 1.54) is 0 Å². The van der Waals surface area contributed by atoms with Gasteiger partial charge in [-0.3, -0.25) is 14.5 Å². The van der Waals surface area contributed by atoms with Gasteiger partial charge in [0.15, 0.2) is 5.92 Å². The molecule has 0 fully saturated rings. The van der Waals surface area contributed by atoms with Gasteiger partial charge in [0.25, 0.3) is 0 Å². The number of aromatic nitrogens is 2. The van der Waals surface area contributed by atoms with Crippen LogP contribution in [-0.4, -0.2) is 39.7 Å². The Hall–Kier alpha value is -3.87. The summed E-state index contributed by atoms with van der Waals surface area (Å²) in [5.41, 5.74) is 2.03. The highest BCUT2D eigenvalue weighted by Crippen LogP contribution is 2.46. The molecule has 7 nitrogen and oxygen atoms in total. The average Bonchev–Trinajstić information content (AvgIpc) is 3.22. The van der Waals surface area contributed by atoms with Crippen LogP contribution in [0.1, 0.15) is 38.3 Å². The van der Waals surface area contributed by atoms with Crippen molar-refractivity contribution in [3.63, 3.8) is 0 Å². The minimum atomic E-state index is -1.15. The van der Waals surface area contributed by atoms with Crippen molar-refractivity contribution in [2.45, 2.75) is 32.7 Å². The number of hydrogen-bond donors (Lipinski definition) is 1. The number of carbonyl (C=O) groups excluding carboxylic acids is 2. The Morgan fingerprint density at radius 3 is 2.62 bits per heavy atom. The van der Waals surface area contributed by atoms with E-state index in [1.807, 2.05) is 59.2 Å². The number of ether oxygens (including phenoxy) is 1. The molecule has 1 N–H and O–H groups in total. The number of fused-ring (bicyclic) bond motifs is 4. The Labute approximate surface area is 197 Å². The van der Waals surface area contributed by atoms with E-state index in [0.717, 1.165) is 34.6 Å². The zero-order valence-corrected chi connectivity index (χ0v) is 19.3. The number of esters is 1. The van der Waals surface area contributed by atoms with Crippen molar-refractivity contribution in [2.24, 2.45) is 5.92 Å². The molecule has 1 amide bonds. The molecule has 3 aromatic carbocycles. The Bertz CT molecular complexity index is 1390. The van der Waals surface area contributed by atoms with Crippen molar-refractivity contribution >= 4 is 39.6 Å². The van der Waals surface area contributed by atoms with Crippen molar-refractivity contribution < 1.29 is 19.4 Å². The summed E-state index contributed by atoms with van der Waals surface area (Å²) in [6, 6.07) is 17.9. The van der Waals surface area contributed by atoms with Crippen molar-refractivity contribution in [2.75, 3.05) is 18.1 Å².